The van der Waals surface area contributed by atoms with Gasteiger partial charge in [0, 0.05) is 6.21 Å². The minimum Gasteiger partial charge on any atom is -0.504 e. The summed E-state index contributed by atoms with van der Waals surface area (Å²) in [5.41, 5.74) is 4.66. The number of fused-ring (bicyclic) bond motifs is 3. The van der Waals surface area contributed by atoms with E-state index < -0.39 is 0 Å². The summed E-state index contributed by atoms with van der Waals surface area (Å²) in [7, 11) is 1.53. The van der Waals surface area contributed by atoms with E-state index in [0.717, 1.165) is 29.2 Å². The highest BCUT2D eigenvalue weighted by Gasteiger charge is 2.19. The standard InChI is InChI=1S/C19H16N2O2S/c1-23-17-10-12(6-9-16(17)22)11-20-19-21-15-8-7-13-4-2-3-5-14(13)18(15)24-19/h2-6,9-11,22H,7-8H2,1H3. The number of aromatic nitrogens is 1. The summed E-state index contributed by atoms with van der Waals surface area (Å²) in [6.07, 6.45) is 3.74. The van der Waals surface area contributed by atoms with Gasteiger partial charge in [0.05, 0.1) is 17.7 Å². The Morgan fingerprint density at radius 3 is 2.96 bits per heavy atom. The van der Waals surface area contributed by atoms with Crippen LogP contribution in [0.2, 0.25) is 0 Å². The Morgan fingerprint density at radius 2 is 2.08 bits per heavy atom. The molecule has 0 amide bonds. The van der Waals surface area contributed by atoms with Crippen molar-refractivity contribution in [3.8, 4) is 21.9 Å². The van der Waals surface area contributed by atoms with Gasteiger partial charge in [0.1, 0.15) is 0 Å². The largest absolute Gasteiger partial charge is 0.504 e. The van der Waals surface area contributed by atoms with Crippen molar-refractivity contribution in [2.24, 2.45) is 4.99 Å². The molecule has 1 heterocycles. The SMILES string of the molecule is COc1cc(C=Nc2nc3c(s2)-c2ccccc2CC3)ccc1O. The fraction of sp³-hybridized carbons (Fsp3) is 0.158. The van der Waals surface area contributed by atoms with Crippen LogP contribution in [0.1, 0.15) is 16.8 Å². The van der Waals surface area contributed by atoms with E-state index in [-0.39, 0.29) is 5.75 Å². The van der Waals surface area contributed by atoms with E-state index in [2.05, 4.69) is 34.2 Å². The van der Waals surface area contributed by atoms with Crippen LogP contribution in [0.4, 0.5) is 5.13 Å². The maximum atomic E-state index is 9.64. The van der Waals surface area contributed by atoms with E-state index in [1.807, 2.05) is 0 Å². The Kier molecular flexibility index (Phi) is 3.78. The Morgan fingerprint density at radius 1 is 1.21 bits per heavy atom. The van der Waals surface area contributed by atoms with Gasteiger partial charge in [0.25, 0.3) is 0 Å². The highest BCUT2D eigenvalue weighted by molar-refractivity contribution is 7.18. The number of hydrogen-bond donors (Lipinski definition) is 1. The maximum absolute atomic E-state index is 9.64. The lowest BCUT2D eigenvalue weighted by atomic mass is 9.94. The molecule has 1 aliphatic carbocycles. The molecule has 0 atom stereocenters. The van der Waals surface area contributed by atoms with Crippen molar-refractivity contribution < 1.29 is 9.84 Å². The van der Waals surface area contributed by atoms with Gasteiger partial charge in [-0.3, -0.25) is 0 Å². The predicted molar refractivity (Wildman–Crippen MR) is 96.9 cm³/mol. The van der Waals surface area contributed by atoms with Gasteiger partial charge < -0.3 is 9.84 Å². The third-order valence-corrected chi connectivity index (χ3v) is 5.15. The first-order valence-corrected chi connectivity index (χ1v) is 8.55. The van der Waals surface area contributed by atoms with Crippen LogP contribution in [-0.4, -0.2) is 23.4 Å². The Balaban J connectivity index is 1.65. The lowest BCUT2D eigenvalue weighted by Gasteiger charge is -2.13. The van der Waals surface area contributed by atoms with Gasteiger partial charge in [-0.05, 0) is 47.7 Å². The molecule has 0 aliphatic heterocycles. The normalized spacial score (nSPS) is 12.9. The van der Waals surface area contributed by atoms with Crippen LogP contribution in [0, 0.1) is 0 Å². The highest BCUT2D eigenvalue weighted by Crippen LogP contribution is 2.40. The molecule has 24 heavy (non-hydrogen) atoms. The number of thiazole rings is 1. The summed E-state index contributed by atoms with van der Waals surface area (Å²) in [6.45, 7) is 0. The number of methoxy groups -OCH3 is 1. The molecule has 2 aromatic carbocycles. The Hall–Kier alpha value is -2.66. The molecule has 0 radical (unpaired) electrons. The number of phenols is 1. The summed E-state index contributed by atoms with van der Waals surface area (Å²) < 4.78 is 5.12. The molecule has 0 unspecified atom stereocenters. The zero-order chi connectivity index (χ0) is 16.5. The van der Waals surface area contributed by atoms with Crippen LogP contribution in [0.5, 0.6) is 11.5 Å². The number of phenolic OH excluding ortho intramolecular Hbond substituents is 1. The molecule has 0 saturated heterocycles. The monoisotopic (exact) mass is 336 g/mol. The number of nitrogens with zero attached hydrogens (tertiary/aromatic N) is 2. The lowest BCUT2D eigenvalue weighted by Crippen LogP contribution is -2.01. The van der Waals surface area contributed by atoms with Crippen LogP contribution in [0.3, 0.4) is 0 Å². The van der Waals surface area contributed by atoms with Crippen molar-refractivity contribution in [2.45, 2.75) is 12.8 Å². The minimum atomic E-state index is 0.121. The molecule has 3 aromatic rings. The summed E-state index contributed by atoms with van der Waals surface area (Å²) in [6, 6.07) is 13.6. The van der Waals surface area contributed by atoms with Crippen molar-refractivity contribution >= 4 is 22.7 Å². The highest BCUT2D eigenvalue weighted by atomic mass is 32.1. The summed E-state index contributed by atoms with van der Waals surface area (Å²) in [5, 5.41) is 10.4. The van der Waals surface area contributed by atoms with Crippen molar-refractivity contribution in [1.29, 1.82) is 0 Å². The molecule has 4 rings (SSSR count). The molecule has 1 aliphatic rings. The first-order valence-electron chi connectivity index (χ1n) is 7.73. The van der Waals surface area contributed by atoms with Crippen molar-refractivity contribution in [3.05, 3.63) is 59.3 Å². The number of ether oxygens (including phenoxy) is 1. The van der Waals surface area contributed by atoms with E-state index in [9.17, 15) is 5.11 Å². The van der Waals surface area contributed by atoms with Crippen LogP contribution in [0.25, 0.3) is 10.4 Å². The van der Waals surface area contributed by atoms with Gasteiger partial charge in [0.15, 0.2) is 11.5 Å². The zero-order valence-corrected chi connectivity index (χ0v) is 14.0. The number of rotatable bonds is 3. The van der Waals surface area contributed by atoms with E-state index in [4.69, 9.17) is 4.74 Å². The van der Waals surface area contributed by atoms with Crippen molar-refractivity contribution in [1.82, 2.24) is 4.98 Å². The lowest BCUT2D eigenvalue weighted by molar-refractivity contribution is 0.373. The molecule has 0 saturated carbocycles. The second-order valence-electron chi connectivity index (χ2n) is 5.62. The van der Waals surface area contributed by atoms with Crippen LogP contribution < -0.4 is 4.74 Å². The number of aliphatic imine (C=N–C) groups is 1. The number of aromatic hydroxyl groups is 1. The average Bonchev–Trinajstić information content (AvgIpc) is 3.04. The van der Waals surface area contributed by atoms with Gasteiger partial charge in [-0.25, -0.2) is 9.98 Å². The molecule has 4 nitrogen and oxygen atoms in total. The van der Waals surface area contributed by atoms with Gasteiger partial charge in [-0.15, -0.1) is 0 Å². The zero-order valence-electron chi connectivity index (χ0n) is 13.2. The van der Waals surface area contributed by atoms with Crippen LogP contribution in [-0.2, 0) is 12.8 Å². The Bertz CT molecular complexity index is 931. The summed E-state index contributed by atoms with van der Waals surface area (Å²) in [5.74, 6) is 0.558. The first kappa shape index (κ1) is 14.9. The first-order chi connectivity index (χ1) is 11.7. The number of benzene rings is 2. The molecular formula is C19H16N2O2S. The molecular weight excluding hydrogens is 320 g/mol. The quantitative estimate of drug-likeness (QED) is 0.723. The third-order valence-electron chi connectivity index (χ3n) is 4.11. The van der Waals surface area contributed by atoms with Crippen molar-refractivity contribution in [2.75, 3.05) is 7.11 Å². The molecule has 1 N–H and O–H groups in total. The van der Waals surface area contributed by atoms with E-state index in [1.54, 1.807) is 35.8 Å². The predicted octanol–water partition coefficient (Wildman–Crippen LogP) is 4.37. The molecule has 1 aromatic heterocycles. The van der Waals surface area contributed by atoms with E-state index >= 15 is 0 Å². The smallest absolute Gasteiger partial charge is 0.209 e. The van der Waals surface area contributed by atoms with Gasteiger partial charge in [-0.1, -0.05) is 35.6 Å². The molecule has 120 valence electrons. The fourth-order valence-electron chi connectivity index (χ4n) is 2.89. The van der Waals surface area contributed by atoms with Gasteiger partial charge >= 0.3 is 0 Å². The molecule has 0 spiro atoms. The number of aryl methyl sites for hydroxylation is 2. The molecule has 5 heteroatoms. The van der Waals surface area contributed by atoms with Gasteiger partial charge in [-0.2, -0.15) is 0 Å². The average molecular weight is 336 g/mol. The summed E-state index contributed by atoms with van der Waals surface area (Å²) >= 11 is 1.62. The van der Waals surface area contributed by atoms with E-state index in [1.165, 1.54) is 23.1 Å². The second-order valence-corrected chi connectivity index (χ2v) is 6.60. The van der Waals surface area contributed by atoms with E-state index in [0.29, 0.717) is 5.75 Å². The number of hydrogen-bond acceptors (Lipinski definition) is 5. The maximum Gasteiger partial charge on any atom is 0.209 e. The Labute approximate surface area is 144 Å². The second kappa shape index (κ2) is 6.09. The molecule has 0 bridgehead atoms. The van der Waals surface area contributed by atoms with Gasteiger partial charge in [0.2, 0.25) is 5.13 Å². The fourth-order valence-corrected chi connectivity index (χ4v) is 3.91. The third kappa shape index (κ3) is 2.67. The topological polar surface area (TPSA) is 54.7 Å². The molecule has 0 fully saturated rings. The van der Waals surface area contributed by atoms with Crippen molar-refractivity contribution in [3.63, 3.8) is 0 Å². The minimum absolute atomic E-state index is 0.121. The summed E-state index contributed by atoms with van der Waals surface area (Å²) in [4.78, 5) is 10.4. The van der Waals surface area contributed by atoms with Crippen LogP contribution in [0.15, 0.2) is 47.5 Å². The van der Waals surface area contributed by atoms with Crippen LogP contribution >= 0.6 is 11.3 Å².